The number of ether oxygens (including phenoxy) is 2. The fourth-order valence-corrected chi connectivity index (χ4v) is 1.27. The average Bonchev–Trinajstić information content (AvgIpc) is 2.04. The minimum absolute atomic E-state index is 0.179. The molecule has 0 bridgehead atoms. The van der Waals surface area contributed by atoms with Crippen LogP contribution < -0.4 is 0 Å². The molecule has 0 amide bonds. The summed E-state index contributed by atoms with van der Waals surface area (Å²) in [6.07, 6.45) is 0.769. The molecule has 0 saturated carbocycles. The lowest BCUT2D eigenvalue weighted by atomic mass is 10.1. The normalized spacial score (nSPS) is 22.2. The van der Waals surface area contributed by atoms with Gasteiger partial charge in [-0.05, 0) is 0 Å². The van der Waals surface area contributed by atoms with E-state index in [-0.39, 0.29) is 30.9 Å². The van der Waals surface area contributed by atoms with Crippen molar-refractivity contribution in [2.45, 2.75) is 25.4 Å². The molecule has 0 aromatic rings. The molecule has 0 aromatic heterocycles. The second-order valence-corrected chi connectivity index (χ2v) is 3.25. The number of hydrogen-bond donors (Lipinski definition) is 1. The molecule has 4 nitrogen and oxygen atoms in total. The fraction of sp³-hybridized carbons (Fsp3) is 0.750. The maximum Gasteiger partial charge on any atom is 0.309 e. The Labute approximate surface area is 82.0 Å². The van der Waals surface area contributed by atoms with Gasteiger partial charge in [-0.3, -0.25) is 9.59 Å². The number of hydrogen-bond acceptors (Lipinski definition) is 5. The topological polar surface area (TPSA) is 52.6 Å². The van der Waals surface area contributed by atoms with Crippen LogP contribution in [-0.2, 0) is 19.1 Å². The Morgan fingerprint density at radius 3 is 3.08 bits per heavy atom. The lowest BCUT2D eigenvalue weighted by Gasteiger charge is -2.21. The number of esters is 2. The molecule has 74 valence electrons. The van der Waals surface area contributed by atoms with Crippen molar-refractivity contribution in [1.82, 2.24) is 0 Å². The van der Waals surface area contributed by atoms with Gasteiger partial charge in [-0.2, -0.15) is 12.6 Å². The van der Waals surface area contributed by atoms with Crippen LogP contribution in [-0.4, -0.2) is 30.4 Å². The molecule has 1 heterocycles. The summed E-state index contributed by atoms with van der Waals surface area (Å²) >= 11 is 3.90. The lowest BCUT2D eigenvalue weighted by Crippen LogP contribution is -2.29. The monoisotopic (exact) mass is 204 g/mol. The summed E-state index contributed by atoms with van der Waals surface area (Å²) in [5, 5.41) is 0. The van der Waals surface area contributed by atoms with Crippen LogP contribution in [0.5, 0.6) is 0 Å². The first-order valence-electron chi connectivity index (χ1n) is 4.18. The third-order valence-corrected chi connectivity index (χ3v) is 1.93. The largest absolute Gasteiger partial charge is 0.465 e. The number of cyclic esters (lactones) is 1. The molecule has 0 radical (unpaired) electrons. The maximum atomic E-state index is 11.0. The molecule has 1 atom stereocenters. The summed E-state index contributed by atoms with van der Waals surface area (Å²) in [4.78, 5) is 21.8. The van der Waals surface area contributed by atoms with Crippen LogP contribution in [0, 0.1) is 0 Å². The van der Waals surface area contributed by atoms with Crippen molar-refractivity contribution < 1.29 is 19.1 Å². The molecule has 1 unspecified atom stereocenters. The van der Waals surface area contributed by atoms with Gasteiger partial charge in [-0.25, -0.2) is 0 Å². The molecule has 0 aliphatic carbocycles. The van der Waals surface area contributed by atoms with Crippen molar-refractivity contribution in [2.24, 2.45) is 0 Å². The first-order valence-corrected chi connectivity index (χ1v) is 4.81. The van der Waals surface area contributed by atoms with E-state index in [1.807, 2.05) is 0 Å². The Balaban J connectivity index is 2.27. The molecule has 1 rings (SSSR count). The van der Waals surface area contributed by atoms with E-state index >= 15 is 0 Å². The second-order valence-electron chi connectivity index (χ2n) is 2.80. The van der Waals surface area contributed by atoms with Gasteiger partial charge in [0.2, 0.25) is 0 Å². The zero-order chi connectivity index (χ0) is 9.68. The SMILES string of the molecule is O=C1CC(OC(=O)CCS)CCO1. The number of thiol groups is 1. The zero-order valence-electron chi connectivity index (χ0n) is 7.19. The van der Waals surface area contributed by atoms with Crippen LogP contribution in [0.4, 0.5) is 0 Å². The molecule has 1 saturated heterocycles. The van der Waals surface area contributed by atoms with Crippen molar-refractivity contribution >= 4 is 24.6 Å². The van der Waals surface area contributed by atoms with Gasteiger partial charge in [0.1, 0.15) is 6.10 Å². The number of carbonyl (C=O) groups is 2. The Bertz CT molecular complexity index is 204. The van der Waals surface area contributed by atoms with E-state index in [0.717, 1.165) is 0 Å². The molecule has 1 aliphatic heterocycles. The van der Waals surface area contributed by atoms with E-state index in [9.17, 15) is 9.59 Å². The predicted molar refractivity (Wildman–Crippen MR) is 48.5 cm³/mol. The summed E-state index contributed by atoms with van der Waals surface area (Å²) in [5.41, 5.74) is 0. The first-order chi connectivity index (χ1) is 6.22. The van der Waals surface area contributed by atoms with Gasteiger partial charge < -0.3 is 9.47 Å². The molecule has 13 heavy (non-hydrogen) atoms. The van der Waals surface area contributed by atoms with E-state index in [4.69, 9.17) is 9.47 Å². The third-order valence-electron chi connectivity index (χ3n) is 1.71. The van der Waals surface area contributed by atoms with Crippen molar-refractivity contribution in [2.75, 3.05) is 12.4 Å². The molecule has 1 aliphatic rings. The highest BCUT2D eigenvalue weighted by Crippen LogP contribution is 2.12. The van der Waals surface area contributed by atoms with Crippen molar-refractivity contribution in [3.63, 3.8) is 0 Å². The Morgan fingerprint density at radius 1 is 1.69 bits per heavy atom. The fourth-order valence-electron chi connectivity index (χ4n) is 1.09. The van der Waals surface area contributed by atoms with E-state index in [1.165, 1.54) is 0 Å². The van der Waals surface area contributed by atoms with Crippen LogP contribution in [0.25, 0.3) is 0 Å². The van der Waals surface area contributed by atoms with E-state index in [1.54, 1.807) is 0 Å². The standard InChI is InChI=1S/C8H12O4S/c9-7(2-4-13)12-6-1-3-11-8(10)5-6/h6,13H,1-5H2. The van der Waals surface area contributed by atoms with Gasteiger partial charge in [0.25, 0.3) is 0 Å². The molecular formula is C8H12O4S. The quantitative estimate of drug-likeness (QED) is 0.539. The maximum absolute atomic E-state index is 11.0. The molecule has 0 aromatic carbocycles. The average molecular weight is 204 g/mol. The second kappa shape index (κ2) is 5.11. The van der Waals surface area contributed by atoms with Crippen molar-refractivity contribution in [3.8, 4) is 0 Å². The Kier molecular flexibility index (Phi) is 4.08. The minimum Gasteiger partial charge on any atom is -0.465 e. The molecular weight excluding hydrogens is 192 g/mol. The van der Waals surface area contributed by atoms with Gasteiger partial charge in [-0.1, -0.05) is 0 Å². The highest BCUT2D eigenvalue weighted by atomic mass is 32.1. The first kappa shape index (κ1) is 10.4. The van der Waals surface area contributed by atoms with E-state index in [2.05, 4.69) is 12.6 Å². The lowest BCUT2D eigenvalue weighted by molar-refractivity contribution is -0.162. The van der Waals surface area contributed by atoms with Gasteiger partial charge in [0.05, 0.1) is 19.4 Å². The Hall–Kier alpha value is -0.710. The van der Waals surface area contributed by atoms with Crippen molar-refractivity contribution in [3.05, 3.63) is 0 Å². The van der Waals surface area contributed by atoms with E-state index < -0.39 is 0 Å². The van der Waals surface area contributed by atoms with Gasteiger partial charge in [0, 0.05) is 12.2 Å². The van der Waals surface area contributed by atoms with Gasteiger partial charge in [-0.15, -0.1) is 0 Å². The summed E-state index contributed by atoms with van der Waals surface area (Å²) in [6.45, 7) is 0.345. The number of carbonyl (C=O) groups excluding carboxylic acids is 2. The summed E-state index contributed by atoms with van der Waals surface area (Å²) in [5.74, 6) is -0.125. The van der Waals surface area contributed by atoms with Crippen molar-refractivity contribution in [1.29, 1.82) is 0 Å². The van der Waals surface area contributed by atoms with Crippen LogP contribution in [0.1, 0.15) is 19.3 Å². The third kappa shape index (κ3) is 3.67. The Morgan fingerprint density at radius 2 is 2.46 bits per heavy atom. The van der Waals surface area contributed by atoms with Crippen LogP contribution in [0.2, 0.25) is 0 Å². The molecule has 0 N–H and O–H groups in total. The highest BCUT2D eigenvalue weighted by Gasteiger charge is 2.23. The van der Waals surface area contributed by atoms with Crippen LogP contribution >= 0.6 is 12.6 Å². The summed E-state index contributed by atoms with van der Waals surface area (Å²) in [6, 6.07) is 0. The van der Waals surface area contributed by atoms with Crippen LogP contribution in [0.15, 0.2) is 0 Å². The van der Waals surface area contributed by atoms with Crippen LogP contribution in [0.3, 0.4) is 0 Å². The predicted octanol–water partition coefficient (Wildman–Crippen LogP) is 0.555. The molecule has 0 spiro atoms. The van der Waals surface area contributed by atoms with E-state index in [0.29, 0.717) is 18.8 Å². The molecule has 1 fully saturated rings. The number of rotatable bonds is 3. The molecule has 5 heteroatoms. The highest BCUT2D eigenvalue weighted by molar-refractivity contribution is 7.80. The van der Waals surface area contributed by atoms with Gasteiger partial charge >= 0.3 is 11.9 Å². The van der Waals surface area contributed by atoms with Gasteiger partial charge in [0.15, 0.2) is 0 Å². The smallest absolute Gasteiger partial charge is 0.309 e. The summed E-state index contributed by atoms with van der Waals surface area (Å²) in [7, 11) is 0. The zero-order valence-corrected chi connectivity index (χ0v) is 8.09. The summed E-state index contributed by atoms with van der Waals surface area (Å²) < 4.78 is 9.72. The minimum atomic E-state index is -0.298.